The van der Waals surface area contributed by atoms with Crippen molar-refractivity contribution >= 4 is 11.8 Å². The third-order valence-electron chi connectivity index (χ3n) is 3.76. The molecule has 0 spiro atoms. The van der Waals surface area contributed by atoms with Gasteiger partial charge in [-0.25, -0.2) is 0 Å². The van der Waals surface area contributed by atoms with Crippen molar-refractivity contribution < 1.29 is 0 Å². The van der Waals surface area contributed by atoms with Crippen molar-refractivity contribution in [2.24, 2.45) is 11.7 Å². The molecule has 0 radical (unpaired) electrons. The molecule has 0 aromatic heterocycles. The van der Waals surface area contributed by atoms with Gasteiger partial charge in [0.2, 0.25) is 0 Å². The minimum absolute atomic E-state index is 0.381. The average Bonchev–Trinajstić information content (AvgIpc) is 3.23. The zero-order chi connectivity index (χ0) is 13.0. The molecule has 0 heterocycles. The van der Waals surface area contributed by atoms with E-state index in [2.05, 4.69) is 42.3 Å². The Bertz CT molecular complexity index is 359. The van der Waals surface area contributed by atoms with Gasteiger partial charge in [0.1, 0.15) is 0 Å². The summed E-state index contributed by atoms with van der Waals surface area (Å²) in [5.74, 6) is 0.921. The maximum Gasteiger partial charge on any atom is 0.0470 e. The zero-order valence-corrected chi connectivity index (χ0v) is 12.2. The van der Waals surface area contributed by atoms with Crippen molar-refractivity contribution in [3.8, 4) is 0 Å². The summed E-state index contributed by atoms with van der Waals surface area (Å²) in [6.45, 7) is 5.24. The molecule has 1 atom stereocenters. The molecule has 1 unspecified atom stereocenters. The van der Waals surface area contributed by atoms with Gasteiger partial charge in [0.05, 0.1) is 0 Å². The first-order valence-corrected chi connectivity index (χ1v) is 8.09. The lowest BCUT2D eigenvalue weighted by molar-refractivity contribution is 0.203. The van der Waals surface area contributed by atoms with E-state index >= 15 is 0 Å². The van der Waals surface area contributed by atoms with E-state index in [9.17, 15) is 0 Å². The normalized spacial score (nSPS) is 17.1. The maximum absolute atomic E-state index is 6.00. The van der Waals surface area contributed by atoms with E-state index < -0.39 is 0 Å². The van der Waals surface area contributed by atoms with Crippen LogP contribution >= 0.6 is 11.8 Å². The largest absolute Gasteiger partial charge is 0.329 e. The second kappa shape index (κ2) is 6.60. The molecule has 2 nitrogen and oxygen atoms in total. The highest BCUT2D eigenvalue weighted by Crippen LogP contribution is 2.32. The molecular formula is C15H24N2S. The highest BCUT2D eigenvalue weighted by molar-refractivity contribution is 7.98. The lowest BCUT2D eigenvalue weighted by Crippen LogP contribution is -2.35. The second-order valence-corrected chi connectivity index (χ2v) is 5.94. The minimum atomic E-state index is 0.381. The number of nitrogens with two attached hydrogens (primary N) is 1. The molecule has 100 valence electrons. The first-order valence-electron chi connectivity index (χ1n) is 6.86. The predicted molar refractivity (Wildman–Crippen MR) is 80.0 cm³/mol. The average molecular weight is 264 g/mol. The summed E-state index contributed by atoms with van der Waals surface area (Å²) >= 11 is 1.79. The number of hydrogen-bond donors (Lipinski definition) is 1. The smallest absolute Gasteiger partial charge is 0.0470 e. The number of rotatable bonds is 7. The Balaban J connectivity index is 2.08. The SMILES string of the molecule is CCN(CC1CC1)C(CN)c1ccc(SC)cc1. The Morgan fingerprint density at radius 1 is 1.33 bits per heavy atom. The summed E-state index contributed by atoms with van der Waals surface area (Å²) in [4.78, 5) is 3.85. The highest BCUT2D eigenvalue weighted by atomic mass is 32.2. The first-order chi connectivity index (χ1) is 8.78. The topological polar surface area (TPSA) is 29.3 Å². The molecule has 2 rings (SSSR count). The van der Waals surface area contributed by atoms with Crippen molar-refractivity contribution in [3.05, 3.63) is 29.8 Å². The van der Waals surface area contributed by atoms with Gasteiger partial charge in [0.15, 0.2) is 0 Å². The van der Waals surface area contributed by atoms with E-state index in [1.165, 1.54) is 29.8 Å². The Hall–Kier alpha value is -0.510. The Morgan fingerprint density at radius 2 is 2.00 bits per heavy atom. The van der Waals surface area contributed by atoms with E-state index in [1.807, 2.05) is 0 Å². The molecule has 0 bridgehead atoms. The standard InChI is InChI=1S/C15H24N2S/c1-3-17(11-12-4-5-12)15(10-16)13-6-8-14(18-2)9-7-13/h6-9,12,15H,3-5,10-11,16H2,1-2H3. The summed E-state index contributed by atoms with van der Waals surface area (Å²) in [5.41, 5.74) is 7.36. The number of benzene rings is 1. The summed E-state index contributed by atoms with van der Waals surface area (Å²) in [7, 11) is 0. The fourth-order valence-electron chi connectivity index (χ4n) is 2.43. The van der Waals surface area contributed by atoms with Crippen LogP contribution in [-0.2, 0) is 0 Å². The third-order valence-corrected chi connectivity index (χ3v) is 4.50. The maximum atomic E-state index is 6.00. The van der Waals surface area contributed by atoms with Crippen molar-refractivity contribution in [2.45, 2.75) is 30.7 Å². The van der Waals surface area contributed by atoms with Crippen LogP contribution < -0.4 is 5.73 Å². The van der Waals surface area contributed by atoms with Crippen molar-refractivity contribution in [2.75, 3.05) is 25.9 Å². The Labute approximate surface area is 115 Å². The quantitative estimate of drug-likeness (QED) is 0.767. The van der Waals surface area contributed by atoms with Crippen LogP contribution in [0.4, 0.5) is 0 Å². The predicted octanol–water partition coefficient (Wildman–Crippen LogP) is 3.14. The number of nitrogens with zero attached hydrogens (tertiary/aromatic N) is 1. The molecule has 1 aliphatic carbocycles. The fourth-order valence-corrected chi connectivity index (χ4v) is 2.84. The first kappa shape index (κ1) is 13.9. The Kier molecular flexibility index (Phi) is 5.10. The summed E-state index contributed by atoms with van der Waals surface area (Å²) in [6, 6.07) is 9.26. The zero-order valence-electron chi connectivity index (χ0n) is 11.4. The summed E-state index contributed by atoms with van der Waals surface area (Å²) in [6.07, 6.45) is 4.92. The van der Waals surface area contributed by atoms with E-state index in [0.29, 0.717) is 12.6 Å². The van der Waals surface area contributed by atoms with E-state index in [4.69, 9.17) is 5.73 Å². The van der Waals surface area contributed by atoms with E-state index in [0.717, 1.165) is 12.5 Å². The molecule has 0 amide bonds. The van der Waals surface area contributed by atoms with E-state index in [-0.39, 0.29) is 0 Å². The van der Waals surface area contributed by atoms with Crippen LogP contribution in [-0.4, -0.2) is 30.8 Å². The number of hydrogen-bond acceptors (Lipinski definition) is 3. The molecule has 0 saturated heterocycles. The van der Waals surface area contributed by atoms with Crippen LogP contribution in [0.2, 0.25) is 0 Å². The molecule has 1 saturated carbocycles. The lowest BCUT2D eigenvalue weighted by Gasteiger charge is -2.30. The molecule has 1 fully saturated rings. The fraction of sp³-hybridized carbons (Fsp3) is 0.600. The van der Waals surface area contributed by atoms with Gasteiger partial charge >= 0.3 is 0 Å². The van der Waals surface area contributed by atoms with Crippen molar-refractivity contribution in [1.29, 1.82) is 0 Å². The van der Waals surface area contributed by atoms with Crippen LogP contribution in [0.3, 0.4) is 0 Å². The van der Waals surface area contributed by atoms with Gasteiger partial charge in [-0.05, 0) is 49.3 Å². The molecule has 1 aromatic carbocycles. The molecule has 18 heavy (non-hydrogen) atoms. The lowest BCUT2D eigenvalue weighted by atomic mass is 10.0. The van der Waals surface area contributed by atoms with E-state index in [1.54, 1.807) is 11.8 Å². The molecule has 1 aliphatic rings. The van der Waals surface area contributed by atoms with Crippen molar-refractivity contribution in [1.82, 2.24) is 4.90 Å². The minimum Gasteiger partial charge on any atom is -0.329 e. The third kappa shape index (κ3) is 3.50. The van der Waals surface area contributed by atoms with Gasteiger partial charge in [0, 0.05) is 24.0 Å². The van der Waals surface area contributed by atoms with Gasteiger partial charge in [-0.2, -0.15) is 0 Å². The second-order valence-electron chi connectivity index (χ2n) is 5.06. The highest BCUT2D eigenvalue weighted by Gasteiger charge is 2.27. The molecule has 0 aliphatic heterocycles. The van der Waals surface area contributed by atoms with Gasteiger partial charge in [0.25, 0.3) is 0 Å². The van der Waals surface area contributed by atoms with Crippen LogP contribution in [0.5, 0.6) is 0 Å². The van der Waals surface area contributed by atoms with Crippen LogP contribution in [0, 0.1) is 5.92 Å². The summed E-state index contributed by atoms with van der Waals surface area (Å²) in [5, 5.41) is 0. The molecule has 1 aromatic rings. The van der Waals surface area contributed by atoms with Crippen LogP contribution in [0.15, 0.2) is 29.2 Å². The van der Waals surface area contributed by atoms with Crippen LogP contribution in [0.1, 0.15) is 31.4 Å². The molecule has 3 heteroatoms. The summed E-state index contributed by atoms with van der Waals surface area (Å²) < 4.78 is 0. The van der Waals surface area contributed by atoms with Gasteiger partial charge in [-0.15, -0.1) is 11.8 Å². The number of likely N-dealkylation sites (N-methyl/N-ethyl adjacent to an activating group) is 1. The van der Waals surface area contributed by atoms with Gasteiger partial charge in [-0.1, -0.05) is 19.1 Å². The Morgan fingerprint density at radius 3 is 2.44 bits per heavy atom. The molecule has 2 N–H and O–H groups in total. The van der Waals surface area contributed by atoms with Crippen molar-refractivity contribution in [3.63, 3.8) is 0 Å². The van der Waals surface area contributed by atoms with Gasteiger partial charge < -0.3 is 5.73 Å². The molecular weight excluding hydrogens is 240 g/mol. The monoisotopic (exact) mass is 264 g/mol. The van der Waals surface area contributed by atoms with Crippen LogP contribution in [0.25, 0.3) is 0 Å². The number of thioether (sulfide) groups is 1. The van der Waals surface area contributed by atoms with Gasteiger partial charge in [-0.3, -0.25) is 4.90 Å².